The largest absolute Gasteiger partial charge is 0.481 e. The molecule has 0 atom stereocenters. The zero-order chi connectivity index (χ0) is 17.1. The fraction of sp³-hybridized carbons (Fsp3) is 0.333. The van der Waals surface area contributed by atoms with Crippen LogP contribution in [0.3, 0.4) is 0 Å². The number of amides is 1. The van der Waals surface area contributed by atoms with E-state index in [1.807, 2.05) is 0 Å². The molecule has 0 saturated heterocycles. The molecular formula is C15H16N2O5S. The summed E-state index contributed by atoms with van der Waals surface area (Å²) in [5.74, 6) is 0.803. The SMILES string of the molecule is C#CCNS(=O)(=O)c1ccc(C(=O)NCC2(C(=O)O)CC2)cc1. The third-order valence-corrected chi connectivity index (χ3v) is 5.10. The molecule has 1 saturated carbocycles. The molecule has 1 aromatic carbocycles. The Labute approximate surface area is 134 Å². The van der Waals surface area contributed by atoms with E-state index in [4.69, 9.17) is 11.5 Å². The number of aliphatic carboxylic acids is 1. The normalized spacial score (nSPS) is 15.4. The Morgan fingerprint density at radius 3 is 2.35 bits per heavy atom. The van der Waals surface area contributed by atoms with Crippen molar-refractivity contribution in [3.63, 3.8) is 0 Å². The average molecular weight is 336 g/mol. The zero-order valence-electron chi connectivity index (χ0n) is 12.2. The molecule has 1 fully saturated rings. The third-order valence-electron chi connectivity index (χ3n) is 3.69. The van der Waals surface area contributed by atoms with E-state index >= 15 is 0 Å². The van der Waals surface area contributed by atoms with Crippen LogP contribution < -0.4 is 10.0 Å². The molecule has 0 bridgehead atoms. The molecule has 23 heavy (non-hydrogen) atoms. The van der Waals surface area contributed by atoms with E-state index in [1.54, 1.807) is 0 Å². The molecule has 0 heterocycles. The summed E-state index contributed by atoms with van der Waals surface area (Å²) in [5.41, 5.74) is -0.597. The number of benzene rings is 1. The molecule has 2 rings (SSSR count). The molecule has 0 spiro atoms. The predicted octanol–water partition coefficient (Wildman–Crippen LogP) is 0.193. The molecule has 0 radical (unpaired) electrons. The van der Waals surface area contributed by atoms with Crippen LogP contribution in [0.2, 0.25) is 0 Å². The van der Waals surface area contributed by atoms with Gasteiger partial charge in [0.1, 0.15) is 0 Å². The summed E-state index contributed by atoms with van der Waals surface area (Å²) < 4.78 is 25.9. The van der Waals surface area contributed by atoms with Crippen molar-refractivity contribution >= 4 is 21.9 Å². The second-order valence-electron chi connectivity index (χ2n) is 5.32. The lowest BCUT2D eigenvalue weighted by Crippen LogP contribution is -2.34. The van der Waals surface area contributed by atoms with Gasteiger partial charge in [-0.15, -0.1) is 6.42 Å². The van der Waals surface area contributed by atoms with Crippen LogP contribution in [0.4, 0.5) is 0 Å². The summed E-state index contributed by atoms with van der Waals surface area (Å²) >= 11 is 0. The van der Waals surface area contributed by atoms with E-state index in [0.717, 1.165) is 0 Å². The topological polar surface area (TPSA) is 113 Å². The van der Waals surface area contributed by atoms with Gasteiger partial charge in [-0.2, -0.15) is 4.72 Å². The van der Waals surface area contributed by atoms with Gasteiger partial charge in [-0.1, -0.05) is 5.92 Å². The molecule has 1 aromatic rings. The van der Waals surface area contributed by atoms with Crippen molar-refractivity contribution in [3.8, 4) is 12.3 Å². The van der Waals surface area contributed by atoms with E-state index in [0.29, 0.717) is 12.8 Å². The standard InChI is InChI=1S/C15H16N2O5S/c1-2-9-17-23(21,22)12-5-3-11(4-6-12)13(18)16-10-15(7-8-15)14(19)20/h1,3-6,17H,7-10H2,(H,16,18)(H,19,20). The highest BCUT2D eigenvalue weighted by Gasteiger charge is 2.50. The number of carbonyl (C=O) groups excluding carboxylic acids is 1. The average Bonchev–Trinajstić information content (AvgIpc) is 3.32. The van der Waals surface area contributed by atoms with Gasteiger partial charge < -0.3 is 10.4 Å². The van der Waals surface area contributed by atoms with Gasteiger partial charge in [0.05, 0.1) is 16.9 Å². The van der Waals surface area contributed by atoms with Crippen LogP contribution in [-0.2, 0) is 14.8 Å². The summed E-state index contributed by atoms with van der Waals surface area (Å²) in [7, 11) is -3.70. The minimum Gasteiger partial charge on any atom is -0.481 e. The van der Waals surface area contributed by atoms with E-state index in [1.165, 1.54) is 24.3 Å². The van der Waals surface area contributed by atoms with Gasteiger partial charge in [0.25, 0.3) is 5.91 Å². The summed E-state index contributed by atoms with van der Waals surface area (Å²) in [4.78, 5) is 23.0. The molecule has 0 unspecified atom stereocenters. The van der Waals surface area contributed by atoms with Crippen LogP contribution in [0.25, 0.3) is 0 Å². The first-order chi connectivity index (χ1) is 10.8. The summed E-state index contributed by atoms with van der Waals surface area (Å²) in [5, 5.41) is 11.6. The van der Waals surface area contributed by atoms with Gasteiger partial charge in [-0.25, -0.2) is 8.42 Å². The van der Waals surface area contributed by atoms with Gasteiger partial charge in [-0.3, -0.25) is 9.59 Å². The smallest absolute Gasteiger partial charge is 0.311 e. The Morgan fingerprint density at radius 2 is 1.87 bits per heavy atom. The minimum atomic E-state index is -3.70. The van der Waals surface area contributed by atoms with Crippen molar-refractivity contribution in [2.45, 2.75) is 17.7 Å². The van der Waals surface area contributed by atoms with Gasteiger partial charge in [0.2, 0.25) is 10.0 Å². The Balaban J connectivity index is 2.01. The lowest BCUT2D eigenvalue weighted by Gasteiger charge is -2.11. The maximum absolute atomic E-state index is 12.0. The number of nitrogens with one attached hydrogen (secondary N) is 2. The quantitative estimate of drug-likeness (QED) is 0.616. The van der Waals surface area contributed by atoms with Crippen molar-refractivity contribution in [2.75, 3.05) is 13.1 Å². The fourth-order valence-corrected chi connectivity index (χ4v) is 2.91. The number of carboxylic acids is 1. The van der Waals surface area contributed by atoms with E-state index in [-0.39, 0.29) is 23.5 Å². The number of terminal acetylenes is 1. The van der Waals surface area contributed by atoms with Crippen molar-refractivity contribution in [1.82, 2.24) is 10.0 Å². The number of carbonyl (C=O) groups is 2. The maximum atomic E-state index is 12.0. The number of carboxylic acid groups (broad SMARTS) is 1. The highest BCUT2D eigenvalue weighted by molar-refractivity contribution is 7.89. The Kier molecular flexibility index (Phi) is 4.73. The summed E-state index contributed by atoms with van der Waals surface area (Å²) in [6, 6.07) is 5.30. The number of sulfonamides is 1. The van der Waals surface area contributed by atoms with Gasteiger partial charge in [0, 0.05) is 12.1 Å². The van der Waals surface area contributed by atoms with Crippen LogP contribution >= 0.6 is 0 Å². The van der Waals surface area contributed by atoms with Crippen LogP contribution in [0.1, 0.15) is 23.2 Å². The van der Waals surface area contributed by atoms with Gasteiger partial charge >= 0.3 is 5.97 Å². The first-order valence-electron chi connectivity index (χ1n) is 6.85. The van der Waals surface area contributed by atoms with Crippen LogP contribution in [-0.4, -0.2) is 38.5 Å². The Hall–Kier alpha value is -2.37. The van der Waals surface area contributed by atoms with E-state index in [9.17, 15) is 18.0 Å². The number of hydrogen-bond acceptors (Lipinski definition) is 4. The minimum absolute atomic E-state index is 0.00602. The number of rotatable bonds is 7. The first kappa shape index (κ1) is 17.0. The first-order valence-corrected chi connectivity index (χ1v) is 8.34. The van der Waals surface area contributed by atoms with Crippen LogP contribution in [0.5, 0.6) is 0 Å². The molecule has 8 heteroatoms. The predicted molar refractivity (Wildman–Crippen MR) is 82.1 cm³/mol. The Bertz CT molecular complexity index is 758. The molecule has 122 valence electrons. The van der Waals surface area contributed by atoms with Crippen molar-refractivity contribution < 1.29 is 23.1 Å². The lowest BCUT2D eigenvalue weighted by atomic mass is 10.1. The van der Waals surface area contributed by atoms with Crippen molar-refractivity contribution in [1.29, 1.82) is 0 Å². The highest BCUT2D eigenvalue weighted by atomic mass is 32.2. The van der Waals surface area contributed by atoms with Crippen molar-refractivity contribution in [3.05, 3.63) is 29.8 Å². The second-order valence-corrected chi connectivity index (χ2v) is 7.09. The number of hydrogen-bond donors (Lipinski definition) is 3. The van der Waals surface area contributed by atoms with Gasteiger partial charge in [-0.05, 0) is 37.1 Å². The third kappa shape index (κ3) is 3.88. The molecule has 7 nitrogen and oxygen atoms in total. The van der Waals surface area contributed by atoms with Gasteiger partial charge in [0.15, 0.2) is 0 Å². The van der Waals surface area contributed by atoms with E-state index < -0.39 is 27.3 Å². The molecule has 3 N–H and O–H groups in total. The molecular weight excluding hydrogens is 320 g/mol. The Morgan fingerprint density at radius 1 is 1.26 bits per heavy atom. The molecule has 0 aliphatic heterocycles. The molecule has 1 aliphatic rings. The fourth-order valence-electron chi connectivity index (χ4n) is 1.97. The lowest BCUT2D eigenvalue weighted by molar-refractivity contribution is -0.143. The van der Waals surface area contributed by atoms with Crippen LogP contribution in [0, 0.1) is 17.8 Å². The summed E-state index contributed by atoms with van der Waals surface area (Å²) in [6.45, 7) is -0.0627. The summed E-state index contributed by atoms with van der Waals surface area (Å²) in [6.07, 6.45) is 6.09. The molecule has 1 amide bonds. The van der Waals surface area contributed by atoms with Crippen molar-refractivity contribution in [2.24, 2.45) is 5.41 Å². The van der Waals surface area contributed by atoms with E-state index in [2.05, 4.69) is 16.0 Å². The van der Waals surface area contributed by atoms with Crippen LogP contribution in [0.15, 0.2) is 29.2 Å². The molecule has 0 aromatic heterocycles. The zero-order valence-corrected chi connectivity index (χ0v) is 13.0. The second kappa shape index (κ2) is 6.40. The monoisotopic (exact) mass is 336 g/mol. The molecule has 1 aliphatic carbocycles. The highest BCUT2D eigenvalue weighted by Crippen LogP contribution is 2.45. The maximum Gasteiger partial charge on any atom is 0.311 e.